The van der Waals surface area contributed by atoms with E-state index in [1.165, 1.54) is 0 Å². The van der Waals surface area contributed by atoms with Gasteiger partial charge in [-0.15, -0.1) is 0 Å². The van der Waals surface area contributed by atoms with Crippen molar-refractivity contribution >= 4 is 11.9 Å². The van der Waals surface area contributed by atoms with Crippen LogP contribution in [0, 0.1) is 11.8 Å². The molecule has 5 heteroatoms. The molecule has 2 atom stereocenters. The Labute approximate surface area is 68.9 Å². The van der Waals surface area contributed by atoms with Gasteiger partial charge in [-0.1, -0.05) is 0 Å². The summed E-state index contributed by atoms with van der Waals surface area (Å²) in [6.45, 7) is 0.372. The van der Waals surface area contributed by atoms with Crippen molar-refractivity contribution in [1.29, 1.82) is 0 Å². The van der Waals surface area contributed by atoms with Crippen LogP contribution in [0.1, 0.15) is 6.42 Å². The predicted octanol–water partition coefficient (Wildman–Crippen LogP) is -0.192. The Morgan fingerprint density at radius 1 is 1.33 bits per heavy atom. The molecule has 0 bridgehead atoms. The Kier molecular flexibility index (Phi) is 2.65. The Balaban J connectivity index is 2.52. The molecule has 1 aliphatic heterocycles. The molecule has 1 heterocycles. The molecule has 0 aromatic rings. The number of ether oxygens (including phenoxy) is 1. The highest BCUT2D eigenvalue weighted by Crippen LogP contribution is 2.23. The van der Waals surface area contributed by atoms with Crippen molar-refractivity contribution < 1.29 is 24.5 Å². The zero-order chi connectivity index (χ0) is 9.14. The summed E-state index contributed by atoms with van der Waals surface area (Å²) in [5.41, 5.74) is 0. The first kappa shape index (κ1) is 8.99. The van der Waals surface area contributed by atoms with Crippen molar-refractivity contribution in [3.05, 3.63) is 0 Å². The van der Waals surface area contributed by atoms with Gasteiger partial charge in [0.25, 0.3) is 0 Å². The monoisotopic (exact) mass is 174 g/mol. The maximum atomic E-state index is 10.5. The number of hydrogen-bond donors (Lipinski definition) is 2. The lowest BCUT2D eigenvalue weighted by atomic mass is 9.93. The zero-order valence-corrected chi connectivity index (χ0v) is 6.40. The lowest BCUT2D eigenvalue weighted by Crippen LogP contribution is -2.23. The first-order valence-electron chi connectivity index (χ1n) is 3.63. The molecule has 0 aromatic heterocycles. The summed E-state index contributed by atoms with van der Waals surface area (Å²) in [5, 5.41) is 17.0. The van der Waals surface area contributed by atoms with E-state index in [-0.39, 0.29) is 25.6 Å². The number of hydrogen-bond acceptors (Lipinski definition) is 3. The summed E-state index contributed by atoms with van der Waals surface area (Å²) in [4.78, 5) is 20.8. The van der Waals surface area contributed by atoms with E-state index >= 15 is 0 Å². The third kappa shape index (κ3) is 1.94. The highest BCUT2D eigenvalue weighted by molar-refractivity contribution is 5.73. The topological polar surface area (TPSA) is 83.8 Å². The number of aliphatic carboxylic acids is 2. The number of carbonyl (C=O) groups is 2. The second kappa shape index (κ2) is 3.53. The van der Waals surface area contributed by atoms with Crippen LogP contribution in [0.4, 0.5) is 0 Å². The average molecular weight is 174 g/mol. The molecule has 12 heavy (non-hydrogen) atoms. The van der Waals surface area contributed by atoms with Crippen molar-refractivity contribution in [1.82, 2.24) is 0 Å². The number of rotatable bonds is 3. The lowest BCUT2D eigenvalue weighted by molar-refractivity contribution is -0.144. The van der Waals surface area contributed by atoms with Gasteiger partial charge in [-0.25, -0.2) is 0 Å². The molecule has 0 saturated carbocycles. The quantitative estimate of drug-likeness (QED) is 0.619. The molecule has 0 aliphatic carbocycles. The molecular formula is C7H10O5. The largest absolute Gasteiger partial charge is 0.481 e. The highest BCUT2D eigenvalue weighted by Gasteiger charge is 2.35. The van der Waals surface area contributed by atoms with Crippen LogP contribution >= 0.6 is 0 Å². The minimum atomic E-state index is -0.975. The molecule has 0 unspecified atom stereocenters. The average Bonchev–Trinajstić information content (AvgIpc) is 2.33. The Morgan fingerprint density at radius 2 is 2.00 bits per heavy atom. The van der Waals surface area contributed by atoms with Gasteiger partial charge < -0.3 is 14.9 Å². The SMILES string of the molecule is O=C(O)C[C@H]1COC[C@H]1C(=O)O. The molecule has 2 N–H and O–H groups in total. The van der Waals surface area contributed by atoms with Crippen LogP contribution in [0.25, 0.3) is 0 Å². The first-order valence-corrected chi connectivity index (χ1v) is 3.63. The molecular weight excluding hydrogens is 164 g/mol. The van der Waals surface area contributed by atoms with E-state index in [1.54, 1.807) is 0 Å². The third-order valence-corrected chi connectivity index (χ3v) is 1.95. The fraction of sp³-hybridized carbons (Fsp3) is 0.714. The molecule has 1 rings (SSSR count). The Morgan fingerprint density at radius 3 is 2.50 bits per heavy atom. The van der Waals surface area contributed by atoms with E-state index in [1.807, 2.05) is 0 Å². The van der Waals surface area contributed by atoms with Crippen LogP contribution in [0.3, 0.4) is 0 Å². The van der Waals surface area contributed by atoms with Gasteiger partial charge in [-0.2, -0.15) is 0 Å². The Hall–Kier alpha value is -1.10. The maximum Gasteiger partial charge on any atom is 0.309 e. The minimum absolute atomic E-state index is 0.128. The van der Waals surface area contributed by atoms with Gasteiger partial charge in [-0.3, -0.25) is 9.59 Å². The van der Waals surface area contributed by atoms with E-state index in [0.717, 1.165) is 0 Å². The van der Waals surface area contributed by atoms with Crippen LogP contribution in [-0.2, 0) is 14.3 Å². The highest BCUT2D eigenvalue weighted by atomic mass is 16.5. The third-order valence-electron chi connectivity index (χ3n) is 1.95. The van der Waals surface area contributed by atoms with Gasteiger partial charge >= 0.3 is 11.9 Å². The standard InChI is InChI=1S/C7H10O5/c8-6(9)1-4-2-12-3-5(4)7(10)11/h4-5H,1-3H2,(H,8,9)(H,10,11)/t4-,5+/m0/s1. The lowest BCUT2D eigenvalue weighted by Gasteiger charge is -2.09. The van der Waals surface area contributed by atoms with E-state index in [9.17, 15) is 9.59 Å². The van der Waals surface area contributed by atoms with Crippen LogP contribution in [0.2, 0.25) is 0 Å². The van der Waals surface area contributed by atoms with Crippen molar-refractivity contribution in [2.75, 3.05) is 13.2 Å². The summed E-state index contributed by atoms with van der Waals surface area (Å²) in [6.07, 6.45) is -0.128. The molecule has 0 aromatic carbocycles. The molecule has 0 amide bonds. The molecule has 5 nitrogen and oxygen atoms in total. The summed E-state index contributed by atoms with van der Waals surface area (Å²) < 4.78 is 4.89. The van der Waals surface area contributed by atoms with Crippen LogP contribution in [-0.4, -0.2) is 35.4 Å². The molecule has 0 radical (unpaired) electrons. The Bertz CT molecular complexity index is 200. The predicted molar refractivity (Wildman–Crippen MR) is 37.7 cm³/mol. The van der Waals surface area contributed by atoms with E-state index in [2.05, 4.69) is 0 Å². The van der Waals surface area contributed by atoms with E-state index in [0.29, 0.717) is 0 Å². The number of carboxylic acids is 2. The zero-order valence-electron chi connectivity index (χ0n) is 6.40. The van der Waals surface area contributed by atoms with Crippen molar-refractivity contribution in [3.63, 3.8) is 0 Å². The van der Waals surface area contributed by atoms with Crippen molar-refractivity contribution in [2.24, 2.45) is 11.8 Å². The molecule has 68 valence electrons. The van der Waals surface area contributed by atoms with Crippen LogP contribution in [0.15, 0.2) is 0 Å². The van der Waals surface area contributed by atoms with Crippen molar-refractivity contribution in [2.45, 2.75) is 6.42 Å². The van der Waals surface area contributed by atoms with Crippen molar-refractivity contribution in [3.8, 4) is 0 Å². The van der Waals surface area contributed by atoms with E-state index in [4.69, 9.17) is 14.9 Å². The summed E-state index contributed by atoms with van der Waals surface area (Å²) in [7, 11) is 0. The number of carboxylic acid groups (broad SMARTS) is 2. The summed E-state index contributed by atoms with van der Waals surface area (Å²) in [5.74, 6) is -2.98. The summed E-state index contributed by atoms with van der Waals surface area (Å²) in [6, 6.07) is 0. The molecule has 1 saturated heterocycles. The van der Waals surface area contributed by atoms with E-state index < -0.39 is 17.9 Å². The normalized spacial score (nSPS) is 28.7. The summed E-state index contributed by atoms with van der Waals surface area (Å²) >= 11 is 0. The van der Waals surface area contributed by atoms with Gasteiger partial charge in [0.1, 0.15) is 0 Å². The molecule has 1 aliphatic rings. The van der Waals surface area contributed by atoms with Gasteiger partial charge in [0, 0.05) is 5.92 Å². The molecule has 0 spiro atoms. The maximum absolute atomic E-state index is 10.5. The van der Waals surface area contributed by atoms with Crippen LogP contribution < -0.4 is 0 Å². The van der Waals surface area contributed by atoms with Gasteiger partial charge in [-0.05, 0) is 0 Å². The first-order chi connectivity index (χ1) is 5.61. The second-order valence-corrected chi connectivity index (χ2v) is 2.84. The smallest absolute Gasteiger partial charge is 0.309 e. The van der Waals surface area contributed by atoms with Gasteiger partial charge in [0.05, 0.1) is 25.6 Å². The minimum Gasteiger partial charge on any atom is -0.481 e. The van der Waals surface area contributed by atoms with Gasteiger partial charge in [0.2, 0.25) is 0 Å². The fourth-order valence-electron chi connectivity index (χ4n) is 1.30. The fourth-order valence-corrected chi connectivity index (χ4v) is 1.30. The van der Waals surface area contributed by atoms with Crippen LogP contribution in [0.5, 0.6) is 0 Å². The van der Waals surface area contributed by atoms with Gasteiger partial charge in [0.15, 0.2) is 0 Å². The molecule has 1 fully saturated rings. The second-order valence-electron chi connectivity index (χ2n) is 2.84.